The van der Waals surface area contributed by atoms with E-state index in [1.54, 1.807) is 23.4 Å². The third-order valence-corrected chi connectivity index (χ3v) is 5.83. The summed E-state index contributed by atoms with van der Waals surface area (Å²) < 4.78 is 0. The Morgan fingerprint density at radius 1 is 0.525 bits per heavy atom. The Kier molecular flexibility index (Phi) is 14.9. The molecule has 0 saturated carbocycles. The second kappa shape index (κ2) is 18.8. The van der Waals surface area contributed by atoms with Crippen molar-refractivity contribution in [2.45, 2.75) is 64.2 Å². The Balaban J connectivity index is 1.69. The molecule has 4 amide bonds. The van der Waals surface area contributed by atoms with Crippen molar-refractivity contribution in [1.82, 2.24) is 21.8 Å². The van der Waals surface area contributed by atoms with E-state index in [4.69, 9.17) is 10.4 Å². The van der Waals surface area contributed by atoms with E-state index < -0.39 is 11.8 Å². The summed E-state index contributed by atoms with van der Waals surface area (Å²) in [6, 6.07) is 15.4. The number of hydrogen-bond donors (Lipinski definition) is 6. The molecule has 0 spiro atoms. The summed E-state index contributed by atoms with van der Waals surface area (Å²) >= 11 is 0. The number of hydrazone groups is 2. The summed E-state index contributed by atoms with van der Waals surface area (Å²) in [5.74, 6) is -1.27. The van der Waals surface area contributed by atoms with Crippen LogP contribution in [0.25, 0.3) is 11.1 Å². The van der Waals surface area contributed by atoms with Crippen LogP contribution in [-0.2, 0) is 19.2 Å². The third-order valence-electron chi connectivity index (χ3n) is 5.83. The van der Waals surface area contributed by atoms with Crippen LogP contribution in [0.5, 0.6) is 0 Å². The van der Waals surface area contributed by atoms with Gasteiger partial charge >= 0.3 is 0 Å². The highest BCUT2D eigenvalue weighted by Crippen LogP contribution is 2.19. The van der Waals surface area contributed by atoms with Crippen LogP contribution >= 0.6 is 0 Å². The minimum absolute atomic E-state index is 0.204. The molecule has 0 radical (unpaired) electrons. The Bertz CT molecular complexity index is 1060. The van der Waals surface area contributed by atoms with Gasteiger partial charge in [-0.1, -0.05) is 61.4 Å². The lowest BCUT2D eigenvalue weighted by atomic mass is 10.0. The molecule has 0 aliphatic heterocycles. The van der Waals surface area contributed by atoms with Crippen molar-refractivity contribution in [2.24, 2.45) is 10.2 Å². The molecule has 40 heavy (non-hydrogen) atoms. The van der Waals surface area contributed by atoms with E-state index in [-0.39, 0.29) is 24.7 Å². The maximum atomic E-state index is 11.9. The summed E-state index contributed by atoms with van der Waals surface area (Å²) in [5, 5.41) is 24.8. The summed E-state index contributed by atoms with van der Waals surface area (Å²) in [6.45, 7) is 0. The van der Waals surface area contributed by atoms with Gasteiger partial charge in [0, 0.05) is 25.7 Å². The van der Waals surface area contributed by atoms with Gasteiger partial charge in [0.2, 0.25) is 23.6 Å². The van der Waals surface area contributed by atoms with Gasteiger partial charge in [0.25, 0.3) is 0 Å². The SMILES string of the molecule is O=C(CCCCCC(=O)N/N=C/c1ccc(-c2ccc(/C=N/NC(=O)CCCCCC(=O)NO)cc2)cc1)NO. The standard InChI is InChI=1S/C28H36N6O6/c35-25(7-3-1-5-9-27(37)33-39)31-29-19-21-11-15-23(16-12-21)24-17-13-22(14-18-24)20-30-32-26(36)8-4-2-6-10-28(38)34-40/h11-20,39-40H,1-10H2,(H,31,35)(H,32,36)(H,33,37)(H,34,38)/b29-19+,30-20+. The fourth-order valence-electron chi connectivity index (χ4n) is 3.60. The fraction of sp³-hybridized carbons (Fsp3) is 0.357. The highest BCUT2D eigenvalue weighted by atomic mass is 16.5. The molecule has 0 bridgehead atoms. The third kappa shape index (κ3) is 13.4. The average molecular weight is 553 g/mol. The molecule has 0 fully saturated rings. The number of rotatable bonds is 17. The zero-order valence-corrected chi connectivity index (χ0v) is 22.3. The normalized spacial score (nSPS) is 10.9. The van der Waals surface area contributed by atoms with Crippen LogP contribution in [0, 0.1) is 0 Å². The number of hydroxylamine groups is 2. The second-order valence-corrected chi connectivity index (χ2v) is 9.02. The fourth-order valence-corrected chi connectivity index (χ4v) is 3.60. The van der Waals surface area contributed by atoms with Gasteiger partial charge < -0.3 is 0 Å². The Morgan fingerprint density at radius 3 is 1.18 bits per heavy atom. The van der Waals surface area contributed by atoms with Crippen LogP contribution in [0.4, 0.5) is 0 Å². The molecule has 2 aromatic rings. The van der Waals surface area contributed by atoms with Gasteiger partial charge in [0.1, 0.15) is 0 Å². The molecule has 0 atom stereocenters. The first-order valence-corrected chi connectivity index (χ1v) is 13.1. The minimum Gasteiger partial charge on any atom is -0.289 e. The second-order valence-electron chi connectivity index (χ2n) is 9.02. The Hall–Kier alpha value is -4.42. The van der Waals surface area contributed by atoms with Crippen LogP contribution in [0.15, 0.2) is 58.7 Å². The number of nitrogens with one attached hydrogen (secondary N) is 4. The summed E-state index contributed by atoms with van der Waals surface area (Å²) in [7, 11) is 0. The number of hydrogen-bond acceptors (Lipinski definition) is 8. The van der Waals surface area contributed by atoms with Crippen LogP contribution < -0.4 is 21.8 Å². The van der Waals surface area contributed by atoms with Crippen molar-refractivity contribution in [1.29, 1.82) is 0 Å². The number of carbonyl (C=O) groups is 4. The molecule has 0 aliphatic carbocycles. The lowest BCUT2D eigenvalue weighted by molar-refractivity contribution is -0.130. The van der Waals surface area contributed by atoms with E-state index in [0.29, 0.717) is 51.4 Å². The molecule has 12 nitrogen and oxygen atoms in total. The first kappa shape index (κ1) is 31.8. The summed E-state index contributed by atoms with van der Waals surface area (Å²) in [5.41, 5.74) is 11.8. The zero-order chi connectivity index (χ0) is 29.0. The molecule has 214 valence electrons. The van der Waals surface area contributed by atoms with E-state index in [2.05, 4.69) is 21.1 Å². The van der Waals surface area contributed by atoms with Gasteiger partial charge in [0.05, 0.1) is 12.4 Å². The van der Waals surface area contributed by atoms with Gasteiger partial charge in [-0.05, 0) is 47.9 Å². The molecule has 2 rings (SSSR count). The van der Waals surface area contributed by atoms with Gasteiger partial charge in [-0.2, -0.15) is 10.2 Å². The minimum atomic E-state index is -0.431. The quantitative estimate of drug-likeness (QED) is 0.0758. The zero-order valence-electron chi connectivity index (χ0n) is 22.3. The molecule has 0 unspecified atom stereocenters. The molecular formula is C28H36N6O6. The topological polar surface area (TPSA) is 182 Å². The molecule has 2 aromatic carbocycles. The van der Waals surface area contributed by atoms with Gasteiger partial charge in [-0.15, -0.1) is 0 Å². The molecule has 12 heteroatoms. The van der Waals surface area contributed by atoms with Gasteiger partial charge in [-0.25, -0.2) is 21.8 Å². The molecule has 0 saturated heterocycles. The Labute approximate surface area is 232 Å². The first-order chi connectivity index (χ1) is 19.4. The van der Waals surface area contributed by atoms with Crippen molar-refractivity contribution in [2.75, 3.05) is 0 Å². The van der Waals surface area contributed by atoms with E-state index in [9.17, 15) is 19.2 Å². The van der Waals surface area contributed by atoms with Gasteiger partial charge in [-0.3, -0.25) is 29.6 Å². The Morgan fingerprint density at radius 2 is 0.850 bits per heavy atom. The molecule has 0 aromatic heterocycles. The number of benzene rings is 2. The maximum absolute atomic E-state index is 11.9. The number of carbonyl (C=O) groups excluding carboxylic acids is 4. The lowest BCUT2D eigenvalue weighted by Gasteiger charge is -2.04. The smallest absolute Gasteiger partial charge is 0.243 e. The maximum Gasteiger partial charge on any atom is 0.243 e. The van der Waals surface area contributed by atoms with Crippen molar-refractivity contribution in [3.05, 3.63) is 59.7 Å². The lowest BCUT2D eigenvalue weighted by Crippen LogP contribution is -2.18. The predicted octanol–water partition coefficient (Wildman–Crippen LogP) is 3.17. The van der Waals surface area contributed by atoms with Crippen LogP contribution in [0.3, 0.4) is 0 Å². The van der Waals surface area contributed by atoms with E-state index in [1.807, 2.05) is 48.5 Å². The van der Waals surface area contributed by atoms with Crippen molar-refractivity contribution in [3.8, 4) is 11.1 Å². The predicted molar refractivity (Wildman–Crippen MR) is 149 cm³/mol. The van der Waals surface area contributed by atoms with Crippen LogP contribution in [0.2, 0.25) is 0 Å². The molecule has 0 heterocycles. The monoisotopic (exact) mass is 552 g/mol. The molecule has 6 N–H and O–H groups in total. The highest BCUT2D eigenvalue weighted by Gasteiger charge is 2.04. The van der Waals surface area contributed by atoms with Crippen molar-refractivity contribution in [3.63, 3.8) is 0 Å². The summed E-state index contributed by atoms with van der Waals surface area (Å²) in [4.78, 5) is 45.5. The number of unbranched alkanes of at least 4 members (excludes halogenated alkanes) is 4. The molecular weight excluding hydrogens is 516 g/mol. The van der Waals surface area contributed by atoms with Crippen LogP contribution in [0.1, 0.15) is 75.3 Å². The molecule has 0 aliphatic rings. The van der Waals surface area contributed by atoms with Crippen molar-refractivity contribution >= 4 is 36.1 Å². The van der Waals surface area contributed by atoms with E-state index >= 15 is 0 Å². The van der Waals surface area contributed by atoms with E-state index in [0.717, 1.165) is 22.3 Å². The highest BCUT2D eigenvalue weighted by molar-refractivity contribution is 5.85. The number of nitrogens with zero attached hydrogens (tertiary/aromatic N) is 2. The first-order valence-electron chi connectivity index (χ1n) is 13.1. The van der Waals surface area contributed by atoms with Crippen molar-refractivity contribution < 1.29 is 29.6 Å². The van der Waals surface area contributed by atoms with Crippen LogP contribution in [-0.4, -0.2) is 46.5 Å². The number of amides is 4. The largest absolute Gasteiger partial charge is 0.289 e. The van der Waals surface area contributed by atoms with Gasteiger partial charge in [0.15, 0.2) is 0 Å². The van der Waals surface area contributed by atoms with E-state index in [1.165, 1.54) is 0 Å². The summed E-state index contributed by atoms with van der Waals surface area (Å²) in [6.07, 6.45) is 8.06. The average Bonchev–Trinajstić information content (AvgIpc) is 2.97.